The molecular weight excluding hydrogens is 254 g/mol. The first-order valence-electron chi connectivity index (χ1n) is 6.65. The molecule has 1 rings (SSSR count). The average molecular weight is 277 g/mol. The van der Waals surface area contributed by atoms with Crippen LogP contribution < -0.4 is 10.7 Å². The van der Waals surface area contributed by atoms with Gasteiger partial charge in [-0.2, -0.15) is 5.10 Å². The first-order valence-corrected chi connectivity index (χ1v) is 7.05. The molecule has 0 aliphatic heterocycles. The minimum Gasteiger partial charge on any atom is -0.331 e. The van der Waals surface area contributed by atoms with Crippen LogP contribution in [0.1, 0.15) is 39.2 Å². The van der Waals surface area contributed by atoms with E-state index < -0.39 is 0 Å². The summed E-state index contributed by atoms with van der Waals surface area (Å²) in [6, 6.07) is 8.03. The van der Waals surface area contributed by atoms with E-state index in [9.17, 15) is 0 Å². The van der Waals surface area contributed by atoms with Gasteiger partial charge in [-0.25, -0.2) is 0 Å². The number of hydrazone groups is 1. The first-order chi connectivity index (χ1) is 8.99. The lowest BCUT2D eigenvalue weighted by Gasteiger charge is -2.10. The van der Waals surface area contributed by atoms with Crippen LogP contribution in [0.5, 0.6) is 0 Å². The molecule has 1 aromatic rings. The van der Waals surface area contributed by atoms with Gasteiger partial charge in [-0.15, -0.1) is 0 Å². The number of rotatable bonds is 5. The average Bonchev–Trinajstić information content (AvgIpc) is 2.36. The van der Waals surface area contributed by atoms with Crippen molar-refractivity contribution in [1.29, 1.82) is 0 Å². The molecule has 0 saturated heterocycles. The Hall–Kier alpha value is -1.42. The highest BCUT2D eigenvalue weighted by Crippen LogP contribution is 2.12. The maximum Gasteiger partial charge on any atom is 0.191 e. The molecular formula is C15H23N3S. The zero-order chi connectivity index (χ0) is 14.3. The summed E-state index contributed by atoms with van der Waals surface area (Å²) in [5.74, 6) is 0.696. The molecule has 2 N–H and O–H groups in total. The summed E-state index contributed by atoms with van der Waals surface area (Å²) in [5.41, 5.74) is 6.13. The second kappa shape index (κ2) is 7.89. The lowest BCUT2D eigenvalue weighted by Crippen LogP contribution is -2.25. The van der Waals surface area contributed by atoms with E-state index in [4.69, 9.17) is 12.2 Å². The Morgan fingerprint density at radius 3 is 2.63 bits per heavy atom. The SMILES string of the molecule is C/C(CCC(C)C)=N/NC(=S)Nc1ccccc1C. The topological polar surface area (TPSA) is 36.4 Å². The molecule has 104 valence electrons. The predicted octanol–water partition coefficient (Wildman–Crippen LogP) is 4.09. The van der Waals surface area contributed by atoms with Gasteiger partial charge in [0.05, 0.1) is 0 Å². The van der Waals surface area contributed by atoms with Crippen LogP contribution in [0.4, 0.5) is 5.69 Å². The van der Waals surface area contributed by atoms with E-state index in [1.54, 1.807) is 0 Å². The van der Waals surface area contributed by atoms with Crippen molar-refractivity contribution in [3.8, 4) is 0 Å². The van der Waals surface area contributed by atoms with Crippen LogP contribution in [-0.2, 0) is 0 Å². The van der Waals surface area contributed by atoms with Crippen molar-refractivity contribution in [3.63, 3.8) is 0 Å². The van der Waals surface area contributed by atoms with Crippen LogP contribution in [-0.4, -0.2) is 10.8 Å². The van der Waals surface area contributed by atoms with Crippen molar-refractivity contribution in [3.05, 3.63) is 29.8 Å². The molecule has 0 aliphatic rings. The van der Waals surface area contributed by atoms with Gasteiger partial charge in [-0.05, 0) is 56.5 Å². The Kier molecular flexibility index (Phi) is 6.50. The monoisotopic (exact) mass is 277 g/mol. The van der Waals surface area contributed by atoms with Crippen LogP contribution in [0, 0.1) is 12.8 Å². The smallest absolute Gasteiger partial charge is 0.191 e. The standard InChI is InChI=1S/C15H23N3S/c1-11(2)9-10-13(4)17-18-15(19)16-14-8-6-5-7-12(14)3/h5-8,11H,9-10H2,1-4H3,(H2,16,18,19)/b17-13-. The molecule has 0 spiro atoms. The Morgan fingerprint density at radius 1 is 1.32 bits per heavy atom. The summed E-state index contributed by atoms with van der Waals surface area (Å²) in [7, 11) is 0. The quantitative estimate of drug-likeness (QED) is 0.483. The Labute approximate surface area is 121 Å². The van der Waals surface area contributed by atoms with E-state index in [1.165, 1.54) is 0 Å². The number of nitrogens with one attached hydrogen (secondary N) is 2. The maximum atomic E-state index is 5.22. The summed E-state index contributed by atoms with van der Waals surface area (Å²) in [5, 5.41) is 7.95. The van der Waals surface area contributed by atoms with E-state index in [1.807, 2.05) is 38.1 Å². The van der Waals surface area contributed by atoms with Crippen LogP contribution in [0.25, 0.3) is 0 Å². The predicted molar refractivity (Wildman–Crippen MR) is 87.7 cm³/mol. The fraction of sp³-hybridized carbons (Fsp3) is 0.467. The highest BCUT2D eigenvalue weighted by Gasteiger charge is 2.00. The molecule has 3 nitrogen and oxygen atoms in total. The molecule has 0 fully saturated rings. The summed E-state index contributed by atoms with van der Waals surface area (Å²) < 4.78 is 0. The molecule has 0 aromatic heterocycles. The normalized spacial score (nSPS) is 11.5. The number of para-hydroxylation sites is 1. The molecule has 0 amide bonds. The number of benzene rings is 1. The lowest BCUT2D eigenvalue weighted by atomic mass is 10.1. The van der Waals surface area contributed by atoms with E-state index in [0.717, 1.165) is 29.8 Å². The molecule has 0 unspecified atom stereocenters. The van der Waals surface area contributed by atoms with Gasteiger partial charge >= 0.3 is 0 Å². The largest absolute Gasteiger partial charge is 0.331 e. The Morgan fingerprint density at radius 2 is 2.00 bits per heavy atom. The van der Waals surface area contributed by atoms with Crippen molar-refractivity contribution < 1.29 is 0 Å². The number of thiocarbonyl (C=S) groups is 1. The molecule has 0 radical (unpaired) electrons. The number of nitrogens with zero attached hydrogens (tertiary/aromatic N) is 1. The third-order valence-electron chi connectivity index (χ3n) is 2.83. The fourth-order valence-electron chi connectivity index (χ4n) is 1.56. The van der Waals surface area contributed by atoms with Crippen molar-refractivity contribution >= 4 is 28.7 Å². The zero-order valence-electron chi connectivity index (χ0n) is 12.2. The van der Waals surface area contributed by atoms with Crippen molar-refractivity contribution in [1.82, 2.24) is 5.43 Å². The molecule has 4 heteroatoms. The van der Waals surface area contributed by atoms with Gasteiger partial charge in [0.15, 0.2) is 5.11 Å². The molecule has 1 aromatic carbocycles. The van der Waals surface area contributed by atoms with Gasteiger partial charge in [0.25, 0.3) is 0 Å². The Balaban J connectivity index is 2.43. The number of anilines is 1. The first kappa shape index (κ1) is 15.6. The highest BCUT2D eigenvalue weighted by atomic mass is 32.1. The third-order valence-corrected chi connectivity index (χ3v) is 3.02. The van der Waals surface area contributed by atoms with Crippen LogP contribution >= 0.6 is 12.2 Å². The van der Waals surface area contributed by atoms with Crippen molar-refractivity contribution in [2.24, 2.45) is 11.0 Å². The summed E-state index contributed by atoms with van der Waals surface area (Å²) in [6.45, 7) is 8.49. The minimum absolute atomic E-state index is 0.526. The zero-order valence-corrected chi connectivity index (χ0v) is 13.0. The van der Waals surface area contributed by atoms with E-state index >= 15 is 0 Å². The van der Waals surface area contributed by atoms with Crippen LogP contribution in [0.15, 0.2) is 29.4 Å². The van der Waals surface area contributed by atoms with Gasteiger partial charge < -0.3 is 5.32 Å². The number of hydrogen-bond donors (Lipinski definition) is 2. The minimum atomic E-state index is 0.526. The van der Waals surface area contributed by atoms with Gasteiger partial charge in [-0.1, -0.05) is 32.0 Å². The van der Waals surface area contributed by atoms with E-state index in [2.05, 4.69) is 29.7 Å². The summed E-state index contributed by atoms with van der Waals surface area (Å²) in [6.07, 6.45) is 2.15. The second-order valence-electron chi connectivity index (χ2n) is 5.16. The van der Waals surface area contributed by atoms with Crippen molar-refractivity contribution in [2.75, 3.05) is 5.32 Å². The van der Waals surface area contributed by atoms with Crippen LogP contribution in [0.3, 0.4) is 0 Å². The van der Waals surface area contributed by atoms with E-state index in [-0.39, 0.29) is 0 Å². The molecule has 0 atom stereocenters. The molecule has 0 saturated carbocycles. The van der Waals surface area contributed by atoms with E-state index in [0.29, 0.717) is 11.0 Å². The third kappa shape index (κ3) is 6.34. The maximum absolute atomic E-state index is 5.22. The number of hydrogen-bond acceptors (Lipinski definition) is 2. The molecule has 0 bridgehead atoms. The Bertz CT molecular complexity index is 452. The van der Waals surface area contributed by atoms with Crippen molar-refractivity contribution in [2.45, 2.75) is 40.5 Å². The highest BCUT2D eigenvalue weighted by molar-refractivity contribution is 7.80. The van der Waals surface area contributed by atoms with Gasteiger partial charge in [0, 0.05) is 11.4 Å². The lowest BCUT2D eigenvalue weighted by molar-refractivity contribution is 0.602. The second-order valence-corrected chi connectivity index (χ2v) is 5.57. The summed E-state index contributed by atoms with van der Waals surface area (Å²) >= 11 is 5.22. The molecule has 0 aliphatic carbocycles. The van der Waals surface area contributed by atoms with Crippen LogP contribution in [0.2, 0.25) is 0 Å². The number of aryl methyl sites for hydroxylation is 1. The van der Waals surface area contributed by atoms with Gasteiger partial charge in [0.1, 0.15) is 0 Å². The molecule has 19 heavy (non-hydrogen) atoms. The summed E-state index contributed by atoms with van der Waals surface area (Å²) in [4.78, 5) is 0. The molecule has 0 heterocycles. The van der Waals surface area contributed by atoms with Gasteiger partial charge in [-0.3, -0.25) is 5.43 Å². The fourth-order valence-corrected chi connectivity index (χ4v) is 1.72. The van der Waals surface area contributed by atoms with Gasteiger partial charge in [0.2, 0.25) is 0 Å².